The first-order chi connectivity index (χ1) is 5.15. The van der Waals surface area contributed by atoms with Crippen molar-refractivity contribution >= 4 is 12.5 Å². The highest BCUT2D eigenvalue weighted by molar-refractivity contribution is 5.40. The number of terminal acetylenes is 1. The van der Waals surface area contributed by atoms with Crippen molar-refractivity contribution in [2.45, 2.75) is 0 Å². The fourth-order valence-corrected chi connectivity index (χ4v) is 0.888. The summed E-state index contributed by atoms with van der Waals surface area (Å²) < 4.78 is 2.48. The van der Waals surface area contributed by atoms with E-state index < -0.39 is 0 Å². The minimum Gasteiger partial charge on any atom is -0.350 e. The summed E-state index contributed by atoms with van der Waals surface area (Å²) in [5, 5.41) is 8.95. The van der Waals surface area contributed by atoms with E-state index in [0.717, 1.165) is 10.3 Å². The van der Waals surface area contributed by atoms with Gasteiger partial charge in [-0.15, -0.1) is 6.42 Å². The van der Waals surface area contributed by atoms with E-state index in [1.54, 1.807) is 23.9 Å². The Balaban J connectivity index is 3.20. The average molecular weight is 149 g/mol. The largest absolute Gasteiger partial charge is 0.350 e. The zero-order valence-electron chi connectivity index (χ0n) is 6.28. The molecular formula is C8H9N2O+. The Bertz CT molecular complexity index is 330. The van der Waals surface area contributed by atoms with Gasteiger partial charge in [0.1, 0.15) is 12.9 Å². The monoisotopic (exact) mass is 149 g/mol. The third-order valence-electron chi connectivity index (χ3n) is 1.41. The van der Waals surface area contributed by atoms with Gasteiger partial charge in [0.15, 0.2) is 0 Å². The highest BCUT2D eigenvalue weighted by atomic mass is 16.5. The summed E-state index contributed by atoms with van der Waals surface area (Å²) in [5.74, 6) is 3.02. The summed E-state index contributed by atoms with van der Waals surface area (Å²) in [5.41, 5.74) is 0.727. The normalized spacial score (nSPS) is 9.09. The molecular weight excluding hydrogens is 140 g/mol. The van der Waals surface area contributed by atoms with E-state index in [1.807, 2.05) is 0 Å². The van der Waals surface area contributed by atoms with Crippen LogP contribution >= 0.6 is 0 Å². The predicted molar refractivity (Wildman–Crippen MR) is 42.2 cm³/mol. The zero-order chi connectivity index (χ0) is 8.43. The lowest BCUT2D eigenvalue weighted by molar-refractivity contribution is -0.709. The number of hydrogen-bond donors (Lipinski definition) is 1. The third-order valence-corrected chi connectivity index (χ3v) is 1.41. The molecule has 0 atom stereocenters. The van der Waals surface area contributed by atoms with Crippen LogP contribution in [0, 0.1) is 12.3 Å². The molecule has 0 unspecified atom stereocenters. The average Bonchev–Trinajstić information content (AvgIpc) is 2.30. The van der Waals surface area contributed by atoms with E-state index in [2.05, 4.69) is 12.6 Å². The van der Waals surface area contributed by atoms with Crippen LogP contribution in [0.25, 0.3) is 0 Å². The molecule has 0 fully saturated rings. The van der Waals surface area contributed by atoms with Gasteiger partial charge in [0, 0.05) is 0 Å². The number of aryl methyl sites for hydroxylation is 1. The summed E-state index contributed by atoms with van der Waals surface area (Å²) in [6.45, 7) is 3.32. The maximum atomic E-state index is 8.95. The van der Waals surface area contributed by atoms with E-state index in [4.69, 9.17) is 11.6 Å². The van der Waals surface area contributed by atoms with Gasteiger partial charge in [-0.25, -0.2) is 4.57 Å². The molecule has 1 rings (SSSR count). The van der Waals surface area contributed by atoms with Crippen molar-refractivity contribution in [1.29, 1.82) is 0 Å². The fourth-order valence-electron chi connectivity index (χ4n) is 0.888. The third kappa shape index (κ3) is 1.24. The predicted octanol–water partition coefficient (Wildman–Crippen LogP) is 0.740. The molecule has 0 aliphatic heterocycles. The van der Waals surface area contributed by atoms with E-state index in [1.165, 1.54) is 0 Å². The lowest BCUT2D eigenvalue weighted by Crippen LogP contribution is -1.98. The molecule has 11 heavy (non-hydrogen) atoms. The van der Waals surface area contributed by atoms with E-state index in [9.17, 15) is 0 Å². The SMILES string of the molecule is C#Cc1cc([N+](=C)O)n(C)c1. The Labute approximate surface area is 65.2 Å². The molecule has 0 saturated heterocycles. The van der Waals surface area contributed by atoms with Crippen molar-refractivity contribution < 1.29 is 9.95 Å². The van der Waals surface area contributed by atoms with Crippen LogP contribution in [0.15, 0.2) is 12.3 Å². The van der Waals surface area contributed by atoms with Crippen molar-refractivity contribution in [3.8, 4) is 12.3 Å². The molecule has 3 heteroatoms. The minimum absolute atomic E-state index is 0.568. The van der Waals surface area contributed by atoms with Gasteiger partial charge in [0.05, 0.1) is 18.7 Å². The van der Waals surface area contributed by atoms with Crippen LogP contribution in [0.4, 0.5) is 5.82 Å². The molecule has 0 radical (unpaired) electrons. The van der Waals surface area contributed by atoms with Crippen LogP contribution in [0.1, 0.15) is 5.56 Å². The highest BCUT2D eigenvalue weighted by Gasteiger charge is 2.10. The second kappa shape index (κ2) is 2.51. The molecule has 0 aliphatic carbocycles. The van der Waals surface area contributed by atoms with Gasteiger partial charge in [-0.1, -0.05) is 10.7 Å². The molecule has 1 aromatic heterocycles. The lowest BCUT2D eigenvalue weighted by Gasteiger charge is -1.89. The summed E-state index contributed by atoms with van der Waals surface area (Å²) in [4.78, 5) is 0. The highest BCUT2D eigenvalue weighted by Crippen LogP contribution is 2.12. The Morgan fingerprint density at radius 1 is 1.82 bits per heavy atom. The van der Waals surface area contributed by atoms with Gasteiger partial charge in [-0.05, 0) is 0 Å². The molecule has 1 N–H and O–H groups in total. The lowest BCUT2D eigenvalue weighted by atomic mass is 10.4. The number of hydrogen-bond acceptors (Lipinski definition) is 1. The van der Waals surface area contributed by atoms with Crippen molar-refractivity contribution in [3.63, 3.8) is 0 Å². The van der Waals surface area contributed by atoms with Crippen LogP contribution in [0.2, 0.25) is 0 Å². The molecule has 1 aromatic rings. The van der Waals surface area contributed by atoms with Gasteiger partial charge in [0.25, 0.3) is 0 Å². The van der Waals surface area contributed by atoms with Crippen LogP contribution < -0.4 is 0 Å². The van der Waals surface area contributed by atoms with Crippen molar-refractivity contribution in [1.82, 2.24) is 4.57 Å². The first-order valence-electron chi connectivity index (χ1n) is 3.07. The quantitative estimate of drug-likeness (QED) is 0.206. The van der Waals surface area contributed by atoms with Crippen LogP contribution in [0.3, 0.4) is 0 Å². The minimum atomic E-state index is 0.568. The van der Waals surface area contributed by atoms with Crippen molar-refractivity contribution in [2.24, 2.45) is 7.05 Å². The van der Waals surface area contributed by atoms with Crippen LogP contribution in [0.5, 0.6) is 0 Å². The maximum absolute atomic E-state index is 8.95. The molecule has 0 saturated carbocycles. The van der Waals surface area contributed by atoms with Gasteiger partial charge < -0.3 is 5.21 Å². The summed E-state index contributed by atoms with van der Waals surface area (Å²) >= 11 is 0. The molecule has 0 bridgehead atoms. The van der Waals surface area contributed by atoms with Gasteiger partial charge >= 0.3 is 5.82 Å². The van der Waals surface area contributed by atoms with Crippen molar-refractivity contribution in [3.05, 3.63) is 17.8 Å². The standard InChI is InChI=1S/C8H9N2O/c1-4-7-5-8(10(3)11)9(2)6-7/h1,5-6,11H,3H2,2H3/q+1. The Hall–Kier alpha value is -1.69. The van der Waals surface area contributed by atoms with Crippen LogP contribution in [-0.4, -0.2) is 21.2 Å². The van der Waals surface area contributed by atoms with Gasteiger partial charge in [0.2, 0.25) is 0 Å². The molecule has 3 nitrogen and oxygen atoms in total. The zero-order valence-corrected chi connectivity index (χ0v) is 6.28. The van der Waals surface area contributed by atoms with E-state index >= 15 is 0 Å². The smallest absolute Gasteiger partial charge is 0.321 e. The van der Waals surface area contributed by atoms with Crippen LogP contribution in [-0.2, 0) is 7.05 Å². The van der Waals surface area contributed by atoms with E-state index in [-0.39, 0.29) is 0 Å². The fraction of sp³-hybridized carbons (Fsp3) is 0.125. The number of aromatic nitrogens is 1. The van der Waals surface area contributed by atoms with Gasteiger partial charge in [-0.2, -0.15) is 0 Å². The second-order valence-electron chi connectivity index (χ2n) is 2.24. The van der Waals surface area contributed by atoms with Gasteiger partial charge in [-0.3, -0.25) is 0 Å². The summed E-state index contributed by atoms with van der Waals surface area (Å²) in [6.07, 6.45) is 6.89. The number of rotatable bonds is 1. The van der Waals surface area contributed by atoms with Crippen molar-refractivity contribution in [2.75, 3.05) is 0 Å². The Morgan fingerprint density at radius 2 is 2.45 bits per heavy atom. The number of nitrogens with zero attached hydrogens (tertiary/aromatic N) is 2. The molecule has 56 valence electrons. The first kappa shape index (κ1) is 7.42. The summed E-state index contributed by atoms with van der Waals surface area (Å²) in [7, 11) is 1.78. The maximum Gasteiger partial charge on any atom is 0.321 e. The Kier molecular flexibility index (Phi) is 1.69. The molecule has 0 spiro atoms. The topological polar surface area (TPSA) is 28.2 Å². The molecule has 0 aliphatic rings. The Morgan fingerprint density at radius 3 is 2.73 bits per heavy atom. The first-order valence-corrected chi connectivity index (χ1v) is 3.07. The molecule has 0 amide bonds. The summed E-state index contributed by atoms with van der Waals surface area (Å²) in [6, 6.07) is 1.67. The second-order valence-corrected chi connectivity index (χ2v) is 2.24. The molecule has 0 aromatic carbocycles. The van der Waals surface area contributed by atoms with E-state index in [0.29, 0.717) is 5.82 Å². The molecule has 1 heterocycles.